The maximum atomic E-state index is 14.0. The first-order chi connectivity index (χ1) is 14.4. The fraction of sp³-hybridized carbons (Fsp3) is 0.278. The molecule has 166 valence electrons. The Bertz CT molecular complexity index is 1300. The van der Waals surface area contributed by atoms with E-state index >= 15 is 0 Å². The summed E-state index contributed by atoms with van der Waals surface area (Å²) in [7, 11) is -8.89. The number of β-amino-alcohol motifs (C(OH)–C–C–N with tert-alkyl or cyclic N) is 1. The van der Waals surface area contributed by atoms with Gasteiger partial charge in [0.2, 0.25) is 10.0 Å². The van der Waals surface area contributed by atoms with Crippen molar-refractivity contribution in [2.45, 2.75) is 20.6 Å². The van der Waals surface area contributed by atoms with Crippen molar-refractivity contribution in [3.8, 4) is 6.07 Å². The largest absolute Gasteiger partial charge is 0.393 e. The molecule has 0 spiro atoms. The van der Waals surface area contributed by atoms with Gasteiger partial charge in [0.25, 0.3) is 0 Å². The van der Waals surface area contributed by atoms with Crippen LogP contribution in [-0.2, 0) is 19.9 Å². The molecule has 1 heterocycles. The summed E-state index contributed by atoms with van der Waals surface area (Å²) in [5.74, 6) is -1.09. The Morgan fingerprint density at radius 3 is 2.42 bits per heavy atom. The molecule has 2 N–H and O–H groups in total. The highest BCUT2D eigenvalue weighted by atomic mass is 35.5. The molecule has 31 heavy (non-hydrogen) atoms. The number of aliphatic hydroxyl groups excluding tert-OH is 1. The van der Waals surface area contributed by atoms with Gasteiger partial charge in [0.1, 0.15) is 27.6 Å². The zero-order valence-electron chi connectivity index (χ0n) is 15.5. The van der Waals surface area contributed by atoms with Crippen LogP contribution in [0.25, 0.3) is 0 Å². The van der Waals surface area contributed by atoms with Crippen LogP contribution in [0.2, 0.25) is 10.0 Å². The number of hydrogen-bond donors (Lipinski definition) is 2. The molecule has 1 fully saturated rings. The first-order valence-corrected chi connectivity index (χ1v) is 12.3. The Morgan fingerprint density at radius 1 is 1.19 bits per heavy atom. The summed E-state index contributed by atoms with van der Waals surface area (Å²) in [5, 5.41) is 27.5. The van der Waals surface area contributed by atoms with Crippen molar-refractivity contribution in [3.05, 3.63) is 57.8 Å². The number of aliphatic hydroxyl groups is 2. The third-order valence-corrected chi connectivity index (χ3v) is 9.75. The van der Waals surface area contributed by atoms with E-state index in [2.05, 4.69) is 0 Å². The van der Waals surface area contributed by atoms with Gasteiger partial charge in [-0.25, -0.2) is 21.2 Å². The van der Waals surface area contributed by atoms with Gasteiger partial charge in [0.15, 0.2) is 9.84 Å². The van der Waals surface area contributed by atoms with E-state index in [0.29, 0.717) is 10.4 Å². The molecule has 2 aromatic rings. The van der Waals surface area contributed by atoms with Crippen molar-refractivity contribution in [2.75, 3.05) is 19.7 Å². The second-order valence-electron chi connectivity index (χ2n) is 6.92. The minimum atomic E-state index is -4.52. The first-order valence-electron chi connectivity index (χ1n) is 8.59. The maximum absolute atomic E-state index is 14.0. The third kappa shape index (κ3) is 4.17. The Labute approximate surface area is 188 Å². The van der Waals surface area contributed by atoms with Crippen LogP contribution in [0.1, 0.15) is 5.56 Å². The van der Waals surface area contributed by atoms with Crippen LogP contribution in [0.4, 0.5) is 4.39 Å². The number of nitriles is 1. The lowest BCUT2D eigenvalue weighted by molar-refractivity contribution is 0.00159. The highest BCUT2D eigenvalue weighted by Crippen LogP contribution is 2.36. The molecular formula is C18H15Cl2FN2O6S2. The van der Waals surface area contributed by atoms with Crippen molar-refractivity contribution in [1.29, 1.82) is 5.26 Å². The van der Waals surface area contributed by atoms with E-state index in [0.717, 1.165) is 18.2 Å². The zero-order chi connectivity index (χ0) is 23.2. The fourth-order valence-electron chi connectivity index (χ4n) is 3.30. The average molecular weight is 509 g/mol. The van der Waals surface area contributed by atoms with E-state index in [1.54, 1.807) is 6.07 Å². The lowest BCUT2D eigenvalue weighted by Crippen LogP contribution is -2.49. The van der Waals surface area contributed by atoms with Crippen molar-refractivity contribution in [2.24, 2.45) is 0 Å². The molecule has 1 aliphatic heterocycles. The van der Waals surface area contributed by atoms with Crippen LogP contribution >= 0.6 is 23.2 Å². The standard InChI is InChI=1S/C18H15Cl2FN2O6S2/c19-12-2-4-16(14(20)5-12)31(28,29)23-8-17(18(25,9-23)10-24)30(26,27)13-3-1-11(7-22)15(21)6-13/h1-6,17,24-25H,8-10H2/t17-,18+/m0/s1. The van der Waals surface area contributed by atoms with Crippen LogP contribution in [0.15, 0.2) is 46.2 Å². The molecule has 0 amide bonds. The quantitative estimate of drug-likeness (QED) is 0.625. The second-order valence-corrected chi connectivity index (χ2v) is 11.8. The predicted molar refractivity (Wildman–Crippen MR) is 109 cm³/mol. The molecule has 0 radical (unpaired) electrons. The van der Waals surface area contributed by atoms with Crippen LogP contribution < -0.4 is 0 Å². The molecule has 0 aromatic heterocycles. The topological polar surface area (TPSA) is 136 Å². The molecule has 2 aromatic carbocycles. The molecule has 0 saturated carbocycles. The van der Waals surface area contributed by atoms with Gasteiger partial charge in [-0.2, -0.15) is 9.57 Å². The average Bonchev–Trinajstić information content (AvgIpc) is 3.07. The van der Waals surface area contributed by atoms with Gasteiger partial charge in [-0.1, -0.05) is 23.2 Å². The van der Waals surface area contributed by atoms with Gasteiger partial charge < -0.3 is 10.2 Å². The Balaban J connectivity index is 2.04. The highest BCUT2D eigenvalue weighted by Gasteiger charge is 2.55. The third-order valence-electron chi connectivity index (χ3n) is 4.97. The van der Waals surface area contributed by atoms with E-state index in [4.69, 9.17) is 28.5 Å². The van der Waals surface area contributed by atoms with Gasteiger partial charge in [-0.05, 0) is 36.4 Å². The number of rotatable bonds is 5. The maximum Gasteiger partial charge on any atom is 0.244 e. The number of nitrogens with zero attached hydrogens (tertiary/aromatic N) is 2. The molecule has 13 heteroatoms. The van der Waals surface area contributed by atoms with E-state index in [-0.39, 0.29) is 20.5 Å². The summed E-state index contributed by atoms with van der Waals surface area (Å²) in [6.45, 7) is -2.54. The van der Waals surface area contributed by atoms with E-state index in [9.17, 15) is 31.4 Å². The van der Waals surface area contributed by atoms with Crippen molar-refractivity contribution >= 4 is 43.1 Å². The SMILES string of the molecule is N#Cc1ccc(S(=O)(=O)[C@H]2CN(S(=O)(=O)c3ccc(Cl)cc3Cl)C[C@@]2(O)CO)cc1F. The number of sulfone groups is 1. The smallest absolute Gasteiger partial charge is 0.244 e. The summed E-state index contributed by atoms with van der Waals surface area (Å²) in [4.78, 5) is -0.925. The molecule has 0 unspecified atom stereocenters. The molecule has 1 aliphatic rings. The van der Waals surface area contributed by atoms with Crippen LogP contribution in [0.3, 0.4) is 0 Å². The molecule has 1 saturated heterocycles. The van der Waals surface area contributed by atoms with Gasteiger partial charge in [-0.3, -0.25) is 0 Å². The lowest BCUT2D eigenvalue weighted by Gasteiger charge is -2.26. The summed E-state index contributed by atoms with van der Waals surface area (Å²) >= 11 is 11.8. The van der Waals surface area contributed by atoms with Gasteiger partial charge in [0.05, 0.1) is 22.1 Å². The van der Waals surface area contributed by atoms with E-state index in [1.165, 1.54) is 12.1 Å². The van der Waals surface area contributed by atoms with Gasteiger partial charge in [0, 0.05) is 18.1 Å². The summed E-state index contributed by atoms with van der Waals surface area (Å²) in [5.41, 5.74) is -2.75. The number of sulfonamides is 1. The molecule has 3 rings (SSSR count). The Kier molecular flexibility index (Phi) is 6.38. The number of benzene rings is 2. The second kappa shape index (κ2) is 8.29. The van der Waals surface area contributed by atoms with Crippen molar-refractivity contribution < 1.29 is 31.4 Å². The van der Waals surface area contributed by atoms with Crippen LogP contribution in [0.5, 0.6) is 0 Å². The first kappa shape index (κ1) is 23.9. The molecule has 0 bridgehead atoms. The minimum Gasteiger partial charge on any atom is -0.393 e. The van der Waals surface area contributed by atoms with E-state index < -0.39 is 61.1 Å². The summed E-state index contributed by atoms with van der Waals surface area (Å²) in [6.07, 6.45) is 0. The van der Waals surface area contributed by atoms with Crippen molar-refractivity contribution in [1.82, 2.24) is 4.31 Å². The molecular weight excluding hydrogens is 494 g/mol. The number of hydrogen-bond acceptors (Lipinski definition) is 7. The number of halogens is 3. The highest BCUT2D eigenvalue weighted by molar-refractivity contribution is 7.92. The zero-order valence-corrected chi connectivity index (χ0v) is 18.7. The fourth-order valence-corrected chi connectivity index (χ4v) is 7.61. The monoisotopic (exact) mass is 508 g/mol. The Morgan fingerprint density at radius 2 is 1.87 bits per heavy atom. The van der Waals surface area contributed by atoms with Gasteiger partial charge >= 0.3 is 0 Å². The summed E-state index contributed by atoms with van der Waals surface area (Å²) < 4.78 is 66.9. The minimum absolute atomic E-state index is 0.181. The summed E-state index contributed by atoms with van der Waals surface area (Å²) in [6, 6.07) is 7.70. The molecule has 0 aliphatic carbocycles. The van der Waals surface area contributed by atoms with Crippen molar-refractivity contribution in [3.63, 3.8) is 0 Å². The van der Waals surface area contributed by atoms with Gasteiger partial charge in [-0.15, -0.1) is 0 Å². The van der Waals surface area contributed by atoms with E-state index in [1.807, 2.05) is 0 Å². The predicted octanol–water partition coefficient (Wildman–Crippen LogP) is 1.57. The Hall–Kier alpha value is -1.78. The molecule has 2 atom stereocenters. The van der Waals surface area contributed by atoms with Crippen LogP contribution in [0, 0.1) is 17.1 Å². The van der Waals surface area contributed by atoms with Crippen LogP contribution in [-0.4, -0.2) is 61.9 Å². The lowest BCUT2D eigenvalue weighted by atomic mass is 10.1. The molecule has 8 nitrogen and oxygen atoms in total. The normalized spacial score (nSPS) is 22.4.